The van der Waals surface area contributed by atoms with Crippen molar-refractivity contribution < 1.29 is 4.79 Å². The normalized spacial score (nSPS) is 11.2. The van der Waals surface area contributed by atoms with E-state index in [4.69, 9.17) is 5.73 Å². The van der Waals surface area contributed by atoms with Gasteiger partial charge in [0, 0.05) is 12.0 Å². The van der Waals surface area contributed by atoms with Gasteiger partial charge < -0.3 is 5.73 Å². The molecule has 0 spiro atoms. The van der Waals surface area contributed by atoms with E-state index in [1.165, 1.54) is 0 Å². The number of rotatable bonds is 4. The Morgan fingerprint density at radius 3 is 2.63 bits per heavy atom. The number of nitrogens with one attached hydrogen (secondary N) is 1. The van der Waals surface area contributed by atoms with Crippen molar-refractivity contribution in [3.05, 3.63) is 95.6 Å². The van der Waals surface area contributed by atoms with Gasteiger partial charge in [0.1, 0.15) is 0 Å². The third kappa shape index (κ3) is 3.03. The standard InChI is InChI=1S/C26H21N3O/c1-16-10-12-21(24-25(16)28-29-26(24)27)19-11-13-20-18(15-19)8-5-9-22(20)23(30)14-17-6-3-2-4-7-17/h2-13,15H,14H2,1H3,(H3,27,28,29). The lowest BCUT2D eigenvalue weighted by Gasteiger charge is -2.10. The molecule has 0 aliphatic heterocycles. The van der Waals surface area contributed by atoms with Gasteiger partial charge in [0.2, 0.25) is 0 Å². The predicted octanol–water partition coefficient (Wildman–Crippen LogP) is 5.70. The number of nitrogens with zero attached hydrogens (tertiary/aromatic N) is 1. The Labute approximate surface area is 174 Å². The first kappa shape index (κ1) is 18.1. The van der Waals surface area contributed by atoms with Crippen LogP contribution < -0.4 is 5.73 Å². The number of ketones is 1. The minimum absolute atomic E-state index is 0.122. The number of carbonyl (C=O) groups is 1. The lowest BCUT2D eigenvalue weighted by atomic mass is 9.93. The zero-order valence-electron chi connectivity index (χ0n) is 16.6. The summed E-state index contributed by atoms with van der Waals surface area (Å²) >= 11 is 0. The molecule has 5 rings (SSSR count). The first-order chi connectivity index (χ1) is 14.6. The Kier molecular flexibility index (Phi) is 4.32. The van der Waals surface area contributed by atoms with Gasteiger partial charge >= 0.3 is 0 Å². The highest BCUT2D eigenvalue weighted by Gasteiger charge is 2.14. The molecule has 0 unspecified atom stereocenters. The van der Waals surface area contributed by atoms with E-state index in [1.54, 1.807) is 0 Å². The monoisotopic (exact) mass is 391 g/mol. The number of fused-ring (bicyclic) bond motifs is 2. The van der Waals surface area contributed by atoms with Crippen LogP contribution in [0.2, 0.25) is 0 Å². The molecule has 1 aromatic heterocycles. The van der Waals surface area contributed by atoms with Gasteiger partial charge in [0.05, 0.1) is 10.9 Å². The van der Waals surface area contributed by atoms with Crippen molar-refractivity contribution in [2.24, 2.45) is 0 Å². The van der Waals surface area contributed by atoms with Gasteiger partial charge in [0.25, 0.3) is 0 Å². The van der Waals surface area contributed by atoms with E-state index in [0.717, 1.165) is 49.5 Å². The highest BCUT2D eigenvalue weighted by Crippen LogP contribution is 2.35. The minimum Gasteiger partial charge on any atom is -0.382 e. The number of nitrogens with two attached hydrogens (primary N) is 1. The fourth-order valence-electron chi connectivity index (χ4n) is 4.10. The van der Waals surface area contributed by atoms with Crippen LogP contribution in [0.25, 0.3) is 32.8 Å². The smallest absolute Gasteiger partial charge is 0.167 e. The molecule has 1 heterocycles. The Morgan fingerprint density at radius 1 is 0.967 bits per heavy atom. The molecule has 5 aromatic rings. The van der Waals surface area contributed by atoms with Crippen LogP contribution in [0.5, 0.6) is 0 Å². The number of H-pyrrole nitrogens is 1. The summed E-state index contributed by atoms with van der Waals surface area (Å²) in [6.45, 7) is 2.04. The van der Waals surface area contributed by atoms with Crippen molar-refractivity contribution in [3.63, 3.8) is 0 Å². The Balaban J connectivity index is 1.59. The summed E-state index contributed by atoms with van der Waals surface area (Å²) in [6.07, 6.45) is 0.395. The Morgan fingerprint density at radius 2 is 1.80 bits per heavy atom. The van der Waals surface area contributed by atoms with E-state index >= 15 is 0 Å². The van der Waals surface area contributed by atoms with Crippen LogP contribution in [0.4, 0.5) is 5.82 Å². The van der Waals surface area contributed by atoms with Crippen LogP contribution in [-0.2, 0) is 6.42 Å². The molecule has 30 heavy (non-hydrogen) atoms. The fraction of sp³-hybridized carbons (Fsp3) is 0.0769. The van der Waals surface area contributed by atoms with Gasteiger partial charge in [-0.05, 0) is 46.0 Å². The molecule has 0 bridgehead atoms. The molecule has 0 aliphatic rings. The summed E-state index contributed by atoms with van der Waals surface area (Å²) < 4.78 is 0. The van der Waals surface area contributed by atoms with Crippen molar-refractivity contribution in [1.29, 1.82) is 0 Å². The number of hydrogen-bond acceptors (Lipinski definition) is 3. The van der Waals surface area contributed by atoms with Crippen LogP contribution >= 0.6 is 0 Å². The molecule has 3 N–H and O–H groups in total. The highest BCUT2D eigenvalue weighted by molar-refractivity contribution is 6.10. The molecule has 4 aromatic carbocycles. The van der Waals surface area contributed by atoms with Crippen LogP contribution in [-0.4, -0.2) is 16.0 Å². The van der Waals surface area contributed by atoms with Crippen molar-refractivity contribution >= 4 is 33.3 Å². The second kappa shape index (κ2) is 7.16. The Hall–Kier alpha value is -3.92. The number of aromatic amines is 1. The summed E-state index contributed by atoms with van der Waals surface area (Å²) in [4.78, 5) is 13.0. The molecule has 0 radical (unpaired) electrons. The summed E-state index contributed by atoms with van der Waals surface area (Å²) in [7, 11) is 0. The zero-order chi connectivity index (χ0) is 20.7. The quantitative estimate of drug-likeness (QED) is 0.386. The topological polar surface area (TPSA) is 71.8 Å². The van der Waals surface area contributed by atoms with Gasteiger partial charge in [-0.2, -0.15) is 5.10 Å². The molecular weight excluding hydrogens is 370 g/mol. The van der Waals surface area contributed by atoms with Gasteiger partial charge in [0.15, 0.2) is 11.6 Å². The van der Waals surface area contributed by atoms with E-state index < -0.39 is 0 Å². The highest BCUT2D eigenvalue weighted by atomic mass is 16.1. The molecule has 0 atom stereocenters. The Bertz CT molecular complexity index is 1400. The van der Waals surface area contributed by atoms with Crippen LogP contribution in [0.15, 0.2) is 78.9 Å². The van der Waals surface area contributed by atoms with Gasteiger partial charge in [-0.3, -0.25) is 9.89 Å². The van der Waals surface area contributed by atoms with E-state index in [2.05, 4.69) is 34.5 Å². The number of benzene rings is 4. The third-order valence-corrected chi connectivity index (χ3v) is 5.66. The maximum Gasteiger partial charge on any atom is 0.167 e. The van der Waals surface area contributed by atoms with Crippen molar-refractivity contribution in [1.82, 2.24) is 10.2 Å². The second-order valence-corrected chi connectivity index (χ2v) is 7.62. The number of hydrogen-bond donors (Lipinski definition) is 2. The molecule has 0 fully saturated rings. The molecule has 146 valence electrons. The summed E-state index contributed by atoms with van der Waals surface area (Å²) in [5, 5.41) is 10.2. The van der Waals surface area contributed by atoms with Crippen LogP contribution in [0, 0.1) is 6.92 Å². The lowest BCUT2D eigenvalue weighted by molar-refractivity contribution is 0.0994. The molecule has 0 saturated heterocycles. The maximum atomic E-state index is 13.0. The maximum absolute atomic E-state index is 13.0. The van der Waals surface area contributed by atoms with Crippen LogP contribution in [0.3, 0.4) is 0 Å². The van der Waals surface area contributed by atoms with E-state index in [9.17, 15) is 4.79 Å². The van der Waals surface area contributed by atoms with Gasteiger partial charge in [-0.1, -0.05) is 72.8 Å². The molecule has 4 nitrogen and oxygen atoms in total. The van der Waals surface area contributed by atoms with E-state index in [-0.39, 0.29) is 5.78 Å². The second-order valence-electron chi connectivity index (χ2n) is 7.62. The lowest BCUT2D eigenvalue weighted by Crippen LogP contribution is -2.04. The largest absolute Gasteiger partial charge is 0.382 e. The number of aromatic nitrogens is 2. The molecular formula is C26H21N3O. The first-order valence-corrected chi connectivity index (χ1v) is 9.95. The third-order valence-electron chi connectivity index (χ3n) is 5.66. The fourth-order valence-corrected chi connectivity index (χ4v) is 4.10. The molecule has 0 amide bonds. The first-order valence-electron chi connectivity index (χ1n) is 9.95. The number of anilines is 1. The van der Waals surface area contributed by atoms with E-state index in [1.807, 2.05) is 61.5 Å². The summed E-state index contributed by atoms with van der Waals surface area (Å²) in [5.74, 6) is 0.618. The summed E-state index contributed by atoms with van der Waals surface area (Å²) in [5.41, 5.74) is 12.1. The van der Waals surface area contributed by atoms with Gasteiger partial charge in [-0.15, -0.1) is 0 Å². The number of Topliss-reactive ketones (excluding diaryl/α,β-unsaturated/α-hetero) is 1. The summed E-state index contributed by atoms with van der Waals surface area (Å²) in [6, 6.07) is 26.1. The predicted molar refractivity (Wildman–Crippen MR) is 123 cm³/mol. The number of nitrogen functional groups attached to an aromatic ring is 1. The SMILES string of the molecule is Cc1ccc(-c2ccc3c(C(=O)Cc4ccccc4)cccc3c2)c2c(N)n[nH]c12. The minimum atomic E-state index is 0.122. The average molecular weight is 391 g/mol. The number of carbonyl (C=O) groups excluding carboxylic acids is 1. The van der Waals surface area contributed by atoms with E-state index in [0.29, 0.717) is 12.2 Å². The molecule has 0 aliphatic carbocycles. The zero-order valence-corrected chi connectivity index (χ0v) is 16.6. The van der Waals surface area contributed by atoms with Crippen molar-refractivity contribution in [3.8, 4) is 11.1 Å². The van der Waals surface area contributed by atoms with Crippen LogP contribution in [0.1, 0.15) is 21.5 Å². The molecule has 4 heteroatoms. The average Bonchev–Trinajstić information content (AvgIpc) is 3.16. The molecule has 0 saturated carbocycles. The van der Waals surface area contributed by atoms with Crippen molar-refractivity contribution in [2.75, 3.05) is 5.73 Å². The van der Waals surface area contributed by atoms with Crippen molar-refractivity contribution in [2.45, 2.75) is 13.3 Å². The van der Waals surface area contributed by atoms with Gasteiger partial charge in [-0.25, -0.2) is 0 Å². The number of aryl methyl sites for hydroxylation is 1.